The highest BCUT2D eigenvalue weighted by Gasteiger charge is 2.34. The van der Waals surface area contributed by atoms with Crippen LogP contribution in [0.1, 0.15) is 16.7 Å². The molecule has 0 aromatic heterocycles. The summed E-state index contributed by atoms with van der Waals surface area (Å²) in [4.78, 5) is 14.8. The summed E-state index contributed by atoms with van der Waals surface area (Å²) in [5, 5.41) is 0. The van der Waals surface area contributed by atoms with Gasteiger partial charge < -0.3 is 0 Å². The zero-order valence-corrected chi connectivity index (χ0v) is 14.3. The maximum atomic E-state index is 13.0. The van der Waals surface area contributed by atoms with E-state index in [2.05, 4.69) is 0 Å². The highest BCUT2D eigenvalue weighted by atomic mass is 32.2. The van der Waals surface area contributed by atoms with Crippen molar-refractivity contribution in [3.05, 3.63) is 69.9 Å². The van der Waals surface area contributed by atoms with Crippen LogP contribution in [0, 0.1) is 19.7 Å². The topological polar surface area (TPSA) is 20.3 Å². The van der Waals surface area contributed by atoms with Crippen molar-refractivity contribution in [1.29, 1.82) is 0 Å². The maximum absolute atomic E-state index is 13.0. The predicted octanol–water partition coefficient (Wildman–Crippen LogP) is 4.85. The first-order chi connectivity index (χ1) is 11.0. The fraction of sp³-hybridized carbons (Fsp3) is 0.111. The first kappa shape index (κ1) is 15.9. The number of anilines is 1. The Labute approximate surface area is 144 Å². The Morgan fingerprint density at radius 2 is 1.83 bits per heavy atom. The average molecular weight is 343 g/mol. The van der Waals surface area contributed by atoms with Gasteiger partial charge in [-0.1, -0.05) is 48.2 Å². The molecule has 0 aliphatic carbocycles. The van der Waals surface area contributed by atoms with E-state index in [-0.39, 0.29) is 11.7 Å². The number of thiocarbonyl (C=S) groups is 1. The molecule has 23 heavy (non-hydrogen) atoms. The number of amides is 1. The molecule has 2 nitrogen and oxygen atoms in total. The molecular weight excluding hydrogens is 329 g/mol. The van der Waals surface area contributed by atoms with E-state index in [9.17, 15) is 9.18 Å². The van der Waals surface area contributed by atoms with Crippen LogP contribution in [-0.2, 0) is 4.79 Å². The fourth-order valence-corrected chi connectivity index (χ4v) is 3.65. The Morgan fingerprint density at radius 3 is 2.52 bits per heavy atom. The molecule has 116 valence electrons. The van der Waals surface area contributed by atoms with Crippen LogP contribution in [0.15, 0.2) is 47.4 Å². The van der Waals surface area contributed by atoms with Crippen LogP contribution >= 0.6 is 24.0 Å². The summed E-state index contributed by atoms with van der Waals surface area (Å²) in [6, 6.07) is 11.8. The largest absolute Gasteiger partial charge is 0.270 e. The van der Waals surface area contributed by atoms with E-state index in [1.807, 2.05) is 32.0 Å². The monoisotopic (exact) mass is 343 g/mol. The fourth-order valence-electron chi connectivity index (χ4n) is 2.36. The molecule has 2 aromatic carbocycles. The summed E-state index contributed by atoms with van der Waals surface area (Å²) < 4.78 is 13.5. The van der Waals surface area contributed by atoms with Crippen molar-refractivity contribution in [1.82, 2.24) is 0 Å². The zero-order valence-electron chi connectivity index (χ0n) is 12.7. The van der Waals surface area contributed by atoms with E-state index in [0.29, 0.717) is 9.23 Å². The number of nitrogens with zero attached hydrogens (tertiary/aromatic N) is 1. The summed E-state index contributed by atoms with van der Waals surface area (Å²) in [5.41, 5.74) is 3.73. The van der Waals surface area contributed by atoms with E-state index in [1.54, 1.807) is 23.1 Å². The number of carbonyl (C=O) groups excluding carboxylic acids is 1. The number of aryl methyl sites for hydroxylation is 1. The Hall–Kier alpha value is -1.98. The second-order valence-electron chi connectivity index (χ2n) is 5.29. The van der Waals surface area contributed by atoms with Gasteiger partial charge in [0.25, 0.3) is 5.91 Å². The van der Waals surface area contributed by atoms with Gasteiger partial charge in [0.05, 0.1) is 10.6 Å². The highest BCUT2D eigenvalue weighted by molar-refractivity contribution is 8.27. The van der Waals surface area contributed by atoms with Gasteiger partial charge in [-0.2, -0.15) is 0 Å². The number of halogens is 1. The molecule has 0 radical (unpaired) electrons. The zero-order chi connectivity index (χ0) is 16.6. The first-order valence-corrected chi connectivity index (χ1v) is 8.29. The summed E-state index contributed by atoms with van der Waals surface area (Å²) in [5.74, 6) is -0.442. The molecule has 1 amide bonds. The number of benzene rings is 2. The minimum Gasteiger partial charge on any atom is -0.268 e. The number of rotatable bonds is 2. The number of hydrogen-bond acceptors (Lipinski definition) is 3. The van der Waals surface area contributed by atoms with Gasteiger partial charge in [-0.05, 0) is 54.8 Å². The van der Waals surface area contributed by atoms with Crippen molar-refractivity contribution in [2.24, 2.45) is 0 Å². The van der Waals surface area contributed by atoms with Crippen molar-refractivity contribution in [2.75, 3.05) is 4.90 Å². The van der Waals surface area contributed by atoms with Crippen LogP contribution in [0.3, 0.4) is 0 Å². The van der Waals surface area contributed by atoms with Crippen molar-refractivity contribution in [2.45, 2.75) is 13.8 Å². The van der Waals surface area contributed by atoms with Gasteiger partial charge in [0.2, 0.25) is 0 Å². The lowest BCUT2D eigenvalue weighted by atomic mass is 10.1. The van der Waals surface area contributed by atoms with Crippen LogP contribution in [0.2, 0.25) is 0 Å². The normalized spacial score (nSPS) is 16.5. The Balaban J connectivity index is 1.97. The van der Waals surface area contributed by atoms with Gasteiger partial charge in [-0.15, -0.1) is 0 Å². The minimum absolute atomic E-state index is 0.141. The van der Waals surface area contributed by atoms with Gasteiger partial charge in [-0.3, -0.25) is 9.69 Å². The second kappa shape index (κ2) is 6.26. The number of carbonyl (C=O) groups is 1. The second-order valence-corrected chi connectivity index (χ2v) is 6.96. The van der Waals surface area contributed by atoms with Gasteiger partial charge >= 0.3 is 0 Å². The lowest BCUT2D eigenvalue weighted by Gasteiger charge is -2.18. The summed E-state index contributed by atoms with van der Waals surface area (Å²) in [7, 11) is 0. The SMILES string of the molecule is Cc1cccc(N2C(=O)C(=Cc3ccc(F)cc3)SC2=S)c1C. The third kappa shape index (κ3) is 3.07. The quantitative estimate of drug-likeness (QED) is 0.574. The van der Waals surface area contributed by atoms with Crippen molar-refractivity contribution >= 4 is 46.0 Å². The summed E-state index contributed by atoms with van der Waals surface area (Å²) in [6.07, 6.45) is 1.74. The van der Waals surface area contributed by atoms with Crippen molar-refractivity contribution in [3.63, 3.8) is 0 Å². The van der Waals surface area contributed by atoms with E-state index in [4.69, 9.17) is 12.2 Å². The van der Waals surface area contributed by atoms with Gasteiger partial charge in [0, 0.05) is 0 Å². The van der Waals surface area contributed by atoms with E-state index < -0.39 is 0 Å². The van der Waals surface area contributed by atoms with E-state index in [0.717, 1.165) is 22.4 Å². The Morgan fingerprint density at radius 1 is 1.13 bits per heavy atom. The molecule has 5 heteroatoms. The Bertz CT molecular complexity index is 827. The minimum atomic E-state index is -0.301. The molecule has 1 aliphatic rings. The lowest BCUT2D eigenvalue weighted by molar-refractivity contribution is -0.113. The molecule has 1 heterocycles. The third-order valence-corrected chi connectivity index (χ3v) is 5.08. The molecule has 0 N–H and O–H groups in total. The van der Waals surface area contributed by atoms with Crippen LogP contribution in [0.4, 0.5) is 10.1 Å². The van der Waals surface area contributed by atoms with Crippen molar-refractivity contribution < 1.29 is 9.18 Å². The molecule has 0 bridgehead atoms. The first-order valence-electron chi connectivity index (χ1n) is 7.07. The standard InChI is InChI=1S/C18H14FNOS2/c1-11-4-3-5-15(12(11)2)20-17(21)16(23-18(20)22)10-13-6-8-14(19)9-7-13/h3-10H,1-2H3. The molecule has 0 saturated carbocycles. The van der Waals surface area contributed by atoms with E-state index >= 15 is 0 Å². The van der Waals surface area contributed by atoms with Crippen LogP contribution in [0.25, 0.3) is 6.08 Å². The summed E-state index contributed by atoms with van der Waals surface area (Å²) in [6.45, 7) is 3.98. The van der Waals surface area contributed by atoms with E-state index in [1.165, 1.54) is 23.9 Å². The molecule has 2 aromatic rings. The molecule has 0 atom stereocenters. The predicted molar refractivity (Wildman–Crippen MR) is 98.0 cm³/mol. The van der Waals surface area contributed by atoms with Crippen LogP contribution < -0.4 is 4.90 Å². The Kier molecular flexibility index (Phi) is 4.33. The smallest absolute Gasteiger partial charge is 0.268 e. The van der Waals surface area contributed by atoms with Gasteiger partial charge in [0.1, 0.15) is 5.82 Å². The molecule has 0 spiro atoms. The van der Waals surface area contributed by atoms with Gasteiger partial charge in [-0.25, -0.2) is 4.39 Å². The van der Waals surface area contributed by atoms with Gasteiger partial charge in [0.15, 0.2) is 4.32 Å². The summed E-state index contributed by atoms with van der Waals surface area (Å²) >= 11 is 6.65. The molecule has 1 aliphatic heterocycles. The number of hydrogen-bond donors (Lipinski definition) is 0. The average Bonchev–Trinajstić information content (AvgIpc) is 2.79. The molecule has 0 unspecified atom stereocenters. The van der Waals surface area contributed by atoms with Crippen LogP contribution in [-0.4, -0.2) is 10.2 Å². The molecular formula is C18H14FNOS2. The third-order valence-electron chi connectivity index (χ3n) is 3.78. The molecule has 1 saturated heterocycles. The molecule has 3 rings (SSSR count). The van der Waals surface area contributed by atoms with Crippen molar-refractivity contribution in [3.8, 4) is 0 Å². The van der Waals surface area contributed by atoms with Crippen LogP contribution in [0.5, 0.6) is 0 Å². The maximum Gasteiger partial charge on any atom is 0.270 e. The molecule has 1 fully saturated rings. The highest BCUT2D eigenvalue weighted by Crippen LogP contribution is 2.37. The number of thioether (sulfide) groups is 1. The lowest BCUT2D eigenvalue weighted by Crippen LogP contribution is -2.28.